The van der Waals surface area contributed by atoms with Gasteiger partial charge >= 0.3 is 0 Å². The van der Waals surface area contributed by atoms with Gasteiger partial charge in [-0.15, -0.1) is 0 Å². The fraction of sp³-hybridized carbons (Fsp3) is 0.0526. The molecular formula is C19H16N2O3. The molecule has 2 aromatic heterocycles. The van der Waals surface area contributed by atoms with Crippen LogP contribution in [0.1, 0.15) is 11.3 Å². The number of ether oxygens (including phenoxy) is 1. The van der Waals surface area contributed by atoms with Crippen LogP contribution < -0.4 is 10.1 Å². The Kier molecular flexibility index (Phi) is 5.04. The third kappa shape index (κ3) is 4.58. The molecule has 2 heterocycles. The van der Waals surface area contributed by atoms with Crippen LogP contribution in [-0.4, -0.2) is 10.9 Å². The first-order chi connectivity index (χ1) is 11.8. The number of rotatable bonds is 6. The summed E-state index contributed by atoms with van der Waals surface area (Å²) in [4.78, 5) is 16.0. The maximum absolute atomic E-state index is 11.9. The van der Waals surface area contributed by atoms with E-state index in [0.29, 0.717) is 23.8 Å². The van der Waals surface area contributed by atoms with Crippen molar-refractivity contribution in [2.45, 2.75) is 6.61 Å². The van der Waals surface area contributed by atoms with Gasteiger partial charge in [0.25, 0.3) is 0 Å². The van der Waals surface area contributed by atoms with Crippen LogP contribution in [0.3, 0.4) is 0 Å². The molecule has 1 N–H and O–H groups in total. The first kappa shape index (κ1) is 15.6. The van der Waals surface area contributed by atoms with Gasteiger partial charge < -0.3 is 14.5 Å². The van der Waals surface area contributed by atoms with Crippen molar-refractivity contribution in [3.8, 4) is 5.75 Å². The number of benzene rings is 1. The van der Waals surface area contributed by atoms with Crippen molar-refractivity contribution in [3.05, 3.63) is 84.6 Å². The third-order valence-corrected chi connectivity index (χ3v) is 3.17. The highest BCUT2D eigenvalue weighted by molar-refractivity contribution is 6.01. The molecule has 5 nitrogen and oxygen atoms in total. The standard InChI is InChI=1S/C19H16N2O3/c22-19(9-8-17-7-3-11-23-17)21-16-5-1-6-18(12-16)24-14-15-4-2-10-20-13-15/h1-13H,14H2,(H,21,22). The van der Waals surface area contributed by atoms with Crippen molar-refractivity contribution in [1.29, 1.82) is 0 Å². The van der Waals surface area contributed by atoms with Crippen molar-refractivity contribution < 1.29 is 13.9 Å². The van der Waals surface area contributed by atoms with Gasteiger partial charge in [0.15, 0.2) is 0 Å². The van der Waals surface area contributed by atoms with E-state index in [4.69, 9.17) is 9.15 Å². The average Bonchev–Trinajstić information content (AvgIpc) is 3.13. The number of hydrogen-bond acceptors (Lipinski definition) is 4. The molecule has 0 unspecified atom stereocenters. The molecule has 0 aliphatic rings. The Hall–Kier alpha value is -3.34. The lowest BCUT2D eigenvalue weighted by molar-refractivity contribution is -0.111. The highest BCUT2D eigenvalue weighted by Gasteiger charge is 2.01. The summed E-state index contributed by atoms with van der Waals surface area (Å²) in [6, 6.07) is 14.6. The molecule has 3 rings (SSSR count). The molecule has 1 aromatic carbocycles. The monoisotopic (exact) mass is 320 g/mol. The maximum Gasteiger partial charge on any atom is 0.248 e. The minimum Gasteiger partial charge on any atom is -0.489 e. The minimum absolute atomic E-state index is 0.240. The zero-order chi connectivity index (χ0) is 16.6. The first-order valence-electron chi connectivity index (χ1n) is 7.44. The Morgan fingerprint density at radius 2 is 2.17 bits per heavy atom. The van der Waals surface area contributed by atoms with E-state index in [0.717, 1.165) is 5.56 Å². The normalized spacial score (nSPS) is 10.7. The first-order valence-corrected chi connectivity index (χ1v) is 7.44. The number of aromatic nitrogens is 1. The Morgan fingerprint density at radius 1 is 1.21 bits per heavy atom. The third-order valence-electron chi connectivity index (χ3n) is 3.17. The zero-order valence-corrected chi connectivity index (χ0v) is 12.9. The minimum atomic E-state index is -0.240. The van der Waals surface area contributed by atoms with Gasteiger partial charge in [-0.05, 0) is 36.4 Å². The number of carbonyl (C=O) groups excluding carboxylic acids is 1. The lowest BCUT2D eigenvalue weighted by Gasteiger charge is -2.08. The molecule has 3 aromatic rings. The van der Waals surface area contributed by atoms with Gasteiger partial charge in [0.2, 0.25) is 5.91 Å². The molecule has 5 heteroatoms. The lowest BCUT2D eigenvalue weighted by atomic mass is 10.3. The quantitative estimate of drug-likeness (QED) is 0.700. The highest BCUT2D eigenvalue weighted by Crippen LogP contribution is 2.18. The Morgan fingerprint density at radius 3 is 2.96 bits per heavy atom. The van der Waals surface area contributed by atoms with Crippen molar-refractivity contribution in [2.75, 3.05) is 5.32 Å². The average molecular weight is 320 g/mol. The Balaban J connectivity index is 1.57. The molecule has 0 saturated carbocycles. The molecule has 0 bridgehead atoms. The van der Waals surface area contributed by atoms with Crippen LogP contribution in [0.15, 0.2) is 77.7 Å². The summed E-state index contributed by atoms with van der Waals surface area (Å²) in [5, 5.41) is 2.78. The van der Waals surface area contributed by atoms with Gasteiger partial charge in [0.1, 0.15) is 18.1 Å². The number of anilines is 1. The van der Waals surface area contributed by atoms with Crippen LogP contribution in [0.4, 0.5) is 5.69 Å². The van der Waals surface area contributed by atoms with Gasteiger partial charge in [0, 0.05) is 35.8 Å². The van der Waals surface area contributed by atoms with Crippen molar-refractivity contribution in [2.24, 2.45) is 0 Å². The highest BCUT2D eigenvalue weighted by atomic mass is 16.5. The summed E-state index contributed by atoms with van der Waals surface area (Å²) >= 11 is 0. The summed E-state index contributed by atoms with van der Waals surface area (Å²) in [7, 11) is 0. The number of carbonyl (C=O) groups is 1. The molecule has 0 saturated heterocycles. The van der Waals surface area contributed by atoms with Crippen molar-refractivity contribution in [3.63, 3.8) is 0 Å². The molecule has 0 fully saturated rings. The largest absolute Gasteiger partial charge is 0.489 e. The van der Waals surface area contributed by atoms with E-state index >= 15 is 0 Å². The number of nitrogens with one attached hydrogen (secondary N) is 1. The summed E-state index contributed by atoms with van der Waals surface area (Å²) in [5.41, 5.74) is 1.64. The van der Waals surface area contributed by atoms with E-state index in [1.54, 1.807) is 49.0 Å². The summed E-state index contributed by atoms with van der Waals surface area (Å²) in [6.07, 6.45) is 8.06. The van der Waals surface area contributed by atoms with Crippen LogP contribution in [0.2, 0.25) is 0 Å². The number of hydrogen-bond donors (Lipinski definition) is 1. The van der Waals surface area contributed by atoms with Crippen LogP contribution in [0.25, 0.3) is 6.08 Å². The molecule has 0 radical (unpaired) electrons. The van der Waals surface area contributed by atoms with E-state index in [-0.39, 0.29) is 5.91 Å². The molecule has 1 amide bonds. The second-order valence-electron chi connectivity index (χ2n) is 5.02. The predicted octanol–water partition coefficient (Wildman–Crippen LogP) is 3.91. The second kappa shape index (κ2) is 7.78. The fourth-order valence-electron chi connectivity index (χ4n) is 2.04. The number of furan rings is 1. The van der Waals surface area contributed by atoms with Gasteiger partial charge in [0.05, 0.1) is 6.26 Å². The smallest absolute Gasteiger partial charge is 0.248 e. The van der Waals surface area contributed by atoms with E-state index in [9.17, 15) is 4.79 Å². The van der Waals surface area contributed by atoms with Crippen molar-refractivity contribution >= 4 is 17.7 Å². The Labute approximate surface area is 139 Å². The number of amides is 1. The van der Waals surface area contributed by atoms with E-state index in [1.807, 2.05) is 24.3 Å². The Bertz CT molecular complexity index is 812. The van der Waals surface area contributed by atoms with E-state index < -0.39 is 0 Å². The van der Waals surface area contributed by atoms with Gasteiger partial charge in [-0.25, -0.2) is 0 Å². The van der Waals surface area contributed by atoms with Crippen LogP contribution in [-0.2, 0) is 11.4 Å². The summed E-state index contributed by atoms with van der Waals surface area (Å²) in [6.45, 7) is 0.420. The van der Waals surface area contributed by atoms with Gasteiger partial charge in [-0.2, -0.15) is 0 Å². The SMILES string of the molecule is O=C(C=Cc1ccco1)Nc1cccc(OCc2cccnc2)c1. The molecule has 0 spiro atoms. The zero-order valence-electron chi connectivity index (χ0n) is 12.9. The van der Waals surface area contributed by atoms with Crippen LogP contribution in [0, 0.1) is 0 Å². The molecule has 120 valence electrons. The predicted molar refractivity (Wildman–Crippen MR) is 91.4 cm³/mol. The maximum atomic E-state index is 11.9. The topological polar surface area (TPSA) is 64.4 Å². The van der Waals surface area contributed by atoms with Crippen LogP contribution in [0.5, 0.6) is 5.75 Å². The number of nitrogens with zero attached hydrogens (tertiary/aromatic N) is 1. The molecule has 0 atom stereocenters. The van der Waals surface area contributed by atoms with Crippen molar-refractivity contribution in [1.82, 2.24) is 4.98 Å². The van der Waals surface area contributed by atoms with Crippen LogP contribution >= 0.6 is 0 Å². The van der Waals surface area contributed by atoms with Gasteiger partial charge in [-0.1, -0.05) is 12.1 Å². The molecule has 0 aliphatic heterocycles. The molecular weight excluding hydrogens is 304 g/mol. The lowest BCUT2D eigenvalue weighted by Crippen LogP contribution is -2.07. The number of pyridine rings is 1. The second-order valence-corrected chi connectivity index (χ2v) is 5.02. The summed E-state index contributed by atoms with van der Waals surface area (Å²) in [5.74, 6) is 1.06. The van der Waals surface area contributed by atoms with E-state index in [1.165, 1.54) is 6.08 Å². The fourth-order valence-corrected chi connectivity index (χ4v) is 2.04. The molecule has 0 aliphatic carbocycles. The summed E-state index contributed by atoms with van der Waals surface area (Å²) < 4.78 is 10.8. The molecule has 24 heavy (non-hydrogen) atoms. The van der Waals surface area contributed by atoms with Gasteiger partial charge in [-0.3, -0.25) is 9.78 Å². The van der Waals surface area contributed by atoms with E-state index in [2.05, 4.69) is 10.3 Å².